The molecule has 0 radical (unpaired) electrons. The van der Waals surface area contributed by atoms with Gasteiger partial charge in [-0.3, -0.25) is 9.78 Å². The van der Waals surface area contributed by atoms with Crippen molar-refractivity contribution in [2.45, 2.75) is 52.1 Å². The Morgan fingerprint density at radius 3 is 2.51 bits per heavy atom. The zero-order valence-corrected chi connectivity index (χ0v) is 22.6. The molecule has 1 saturated heterocycles. The molecule has 3 heterocycles. The smallest absolute Gasteiger partial charge is 0.410 e. The summed E-state index contributed by atoms with van der Waals surface area (Å²) in [4.78, 5) is 31.3. The summed E-state index contributed by atoms with van der Waals surface area (Å²) in [6.45, 7) is 7.30. The predicted octanol–water partition coefficient (Wildman–Crippen LogP) is 5.51. The molecule has 0 bridgehead atoms. The quantitative estimate of drug-likeness (QED) is 0.332. The van der Waals surface area contributed by atoms with Gasteiger partial charge in [-0.25, -0.2) is 4.79 Å². The summed E-state index contributed by atoms with van der Waals surface area (Å²) < 4.78 is 11.6. The van der Waals surface area contributed by atoms with Crippen molar-refractivity contribution in [3.63, 3.8) is 0 Å². The van der Waals surface area contributed by atoms with Crippen LogP contribution in [0.5, 0.6) is 0 Å². The summed E-state index contributed by atoms with van der Waals surface area (Å²) in [6, 6.07) is 11.5. The lowest BCUT2D eigenvalue weighted by Crippen LogP contribution is -2.43. The lowest BCUT2D eigenvalue weighted by atomic mass is 9.97. The van der Waals surface area contributed by atoms with Gasteiger partial charge in [0.15, 0.2) is 5.76 Å². The molecular weight excluding hydrogens is 496 g/mol. The highest BCUT2D eigenvalue weighted by atomic mass is 16.6. The van der Waals surface area contributed by atoms with Crippen LogP contribution >= 0.6 is 0 Å². The number of amides is 2. The van der Waals surface area contributed by atoms with Gasteiger partial charge in [0.05, 0.1) is 5.71 Å². The number of piperidine rings is 1. The van der Waals surface area contributed by atoms with E-state index >= 15 is 0 Å². The fourth-order valence-corrected chi connectivity index (χ4v) is 5.15. The van der Waals surface area contributed by atoms with Gasteiger partial charge in [0.2, 0.25) is 0 Å². The summed E-state index contributed by atoms with van der Waals surface area (Å²) in [5.41, 5.74) is 4.79. The molecule has 1 aliphatic heterocycles. The summed E-state index contributed by atoms with van der Waals surface area (Å²) >= 11 is 0. The Labute approximate surface area is 227 Å². The summed E-state index contributed by atoms with van der Waals surface area (Å²) in [5.74, 6) is 0.825. The van der Waals surface area contributed by atoms with Crippen LogP contribution < -0.4 is 5.32 Å². The zero-order chi connectivity index (χ0) is 27.6. The molecule has 39 heavy (non-hydrogen) atoms. The molecular formula is C30H34N4O5. The predicted molar refractivity (Wildman–Crippen MR) is 147 cm³/mol. The second kappa shape index (κ2) is 10.9. The number of nitrogens with zero attached hydrogens (tertiary/aromatic N) is 3. The molecule has 3 aromatic rings. The lowest BCUT2D eigenvalue weighted by Gasteiger charge is -2.33. The Hall–Kier alpha value is -4.14. The van der Waals surface area contributed by atoms with Gasteiger partial charge in [0.25, 0.3) is 5.91 Å². The van der Waals surface area contributed by atoms with Crippen LogP contribution in [0, 0.1) is 5.92 Å². The first-order valence-electron chi connectivity index (χ1n) is 13.4. The molecule has 2 aliphatic rings. The average Bonchev–Trinajstić information content (AvgIpc) is 3.56. The number of carbonyl (C=O) groups is 2. The number of benzene rings is 1. The topological polar surface area (TPSA) is 117 Å². The third-order valence-electron chi connectivity index (χ3n) is 7.19. The van der Waals surface area contributed by atoms with E-state index in [0.717, 1.165) is 47.1 Å². The first-order chi connectivity index (χ1) is 18.7. The van der Waals surface area contributed by atoms with Crippen LogP contribution in [0.3, 0.4) is 0 Å². The lowest BCUT2D eigenvalue weighted by molar-refractivity contribution is 0.0183. The standard InChI is InChI=1S/C30H34N4O5/c1-30(2,3)39-29(36)34-14-10-19(11-15-34)18-32-28(35)26-17-24(27(38-26)20-8-12-31-13-9-20)22-4-6-23-21(16-22)5-7-25(23)33-37/h4,6,8-9,12-13,16-17,19,37H,5,7,10-11,14-15,18H2,1-3H3,(H,32,35)/b33-25-. The van der Waals surface area contributed by atoms with Crippen LogP contribution in [0.2, 0.25) is 0 Å². The van der Waals surface area contributed by atoms with Gasteiger partial charge in [0.1, 0.15) is 11.4 Å². The molecule has 0 spiro atoms. The summed E-state index contributed by atoms with van der Waals surface area (Å²) in [7, 11) is 0. The van der Waals surface area contributed by atoms with E-state index < -0.39 is 5.60 Å². The first kappa shape index (κ1) is 26.5. The molecule has 1 fully saturated rings. The number of aromatic nitrogens is 1. The fraction of sp³-hybridized carbons (Fsp3) is 0.400. The average molecular weight is 531 g/mol. The second-order valence-corrected chi connectivity index (χ2v) is 11.1. The van der Waals surface area contributed by atoms with Crippen LogP contribution in [0.4, 0.5) is 4.79 Å². The van der Waals surface area contributed by atoms with Gasteiger partial charge in [-0.05, 0) is 81.7 Å². The number of fused-ring (bicyclic) bond motifs is 1. The van der Waals surface area contributed by atoms with Crippen LogP contribution in [0.25, 0.3) is 22.5 Å². The molecule has 2 N–H and O–H groups in total. The maximum atomic E-state index is 13.2. The molecule has 9 heteroatoms. The van der Waals surface area contributed by atoms with Crippen molar-refractivity contribution in [2.75, 3.05) is 19.6 Å². The molecule has 204 valence electrons. The molecule has 0 saturated carbocycles. The van der Waals surface area contributed by atoms with Crippen LogP contribution in [-0.2, 0) is 11.2 Å². The molecule has 5 rings (SSSR count). The number of hydrogen-bond donors (Lipinski definition) is 2. The number of aryl methyl sites for hydroxylation is 1. The molecule has 0 unspecified atom stereocenters. The summed E-state index contributed by atoms with van der Waals surface area (Å²) in [5, 5.41) is 15.7. The van der Waals surface area contributed by atoms with E-state index in [1.165, 1.54) is 0 Å². The number of nitrogens with one attached hydrogen (secondary N) is 1. The van der Waals surface area contributed by atoms with Gasteiger partial charge in [-0.2, -0.15) is 0 Å². The normalized spacial score (nSPS) is 16.8. The van der Waals surface area contributed by atoms with Crippen molar-refractivity contribution in [1.29, 1.82) is 0 Å². The number of furan rings is 1. The van der Waals surface area contributed by atoms with Crippen molar-refractivity contribution in [3.8, 4) is 22.5 Å². The van der Waals surface area contributed by atoms with E-state index in [0.29, 0.717) is 37.5 Å². The third kappa shape index (κ3) is 5.97. The highest BCUT2D eigenvalue weighted by Gasteiger charge is 2.28. The van der Waals surface area contributed by atoms with Gasteiger partial charge in [0, 0.05) is 48.7 Å². The molecule has 1 aromatic carbocycles. The number of carbonyl (C=O) groups excluding carboxylic acids is 2. The maximum absolute atomic E-state index is 13.2. The van der Waals surface area contributed by atoms with Gasteiger partial charge < -0.3 is 24.6 Å². The van der Waals surface area contributed by atoms with E-state index in [2.05, 4.69) is 21.5 Å². The molecule has 2 aromatic heterocycles. The van der Waals surface area contributed by atoms with Gasteiger partial charge in [-0.1, -0.05) is 23.4 Å². The van der Waals surface area contributed by atoms with E-state index in [9.17, 15) is 14.8 Å². The van der Waals surface area contributed by atoms with Crippen molar-refractivity contribution in [3.05, 3.63) is 65.7 Å². The number of likely N-dealkylation sites (tertiary alicyclic amines) is 1. The van der Waals surface area contributed by atoms with Gasteiger partial charge in [-0.15, -0.1) is 0 Å². The van der Waals surface area contributed by atoms with Gasteiger partial charge >= 0.3 is 6.09 Å². The van der Waals surface area contributed by atoms with Crippen molar-refractivity contribution in [1.82, 2.24) is 15.2 Å². The minimum absolute atomic E-state index is 0.237. The number of pyridine rings is 1. The first-order valence-corrected chi connectivity index (χ1v) is 13.4. The molecule has 0 atom stereocenters. The van der Waals surface area contributed by atoms with Crippen LogP contribution in [-0.4, -0.2) is 58.0 Å². The highest BCUT2D eigenvalue weighted by Crippen LogP contribution is 2.37. The monoisotopic (exact) mass is 530 g/mol. The number of rotatable bonds is 5. The van der Waals surface area contributed by atoms with E-state index in [-0.39, 0.29) is 23.7 Å². The molecule has 9 nitrogen and oxygen atoms in total. The van der Waals surface area contributed by atoms with Crippen molar-refractivity contribution >= 4 is 17.7 Å². The van der Waals surface area contributed by atoms with Crippen molar-refractivity contribution < 1.29 is 24.0 Å². The fourth-order valence-electron chi connectivity index (χ4n) is 5.15. The molecule has 2 amide bonds. The number of ether oxygens (including phenoxy) is 1. The second-order valence-electron chi connectivity index (χ2n) is 11.1. The SMILES string of the molecule is CC(C)(C)OC(=O)N1CCC(CNC(=O)c2cc(-c3ccc4c(c3)CC/C4=N/O)c(-c3ccncc3)o2)CC1. The van der Waals surface area contributed by atoms with Crippen LogP contribution in [0.1, 0.15) is 61.7 Å². The Morgan fingerprint density at radius 1 is 1.08 bits per heavy atom. The Bertz CT molecular complexity index is 1380. The number of oxime groups is 1. The minimum Gasteiger partial charge on any atom is -0.450 e. The Balaban J connectivity index is 1.29. The van der Waals surface area contributed by atoms with E-state index in [1.54, 1.807) is 23.4 Å². The summed E-state index contributed by atoms with van der Waals surface area (Å²) in [6.07, 6.45) is 6.17. The maximum Gasteiger partial charge on any atom is 0.410 e. The minimum atomic E-state index is -0.519. The van der Waals surface area contributed by atoms with E-state index in [4.69, 9.17) is 9.15 Å². The number of hydrogen-bond acceptors (Lipinski definition) is 7. The Kier molecular flexibility index (Phi) is 7.41. The Morgan fingerprint density at radius 2 is 1.82 bits per heavy atom. The van der Waals surface area contributed by atoms with E-state index in [1.807, 2.05) is 45.0 Å². The highest BCUT2D eigenvalue weighted by molar-refractivity contribution is 6.05. The molecule has 1 aliphatic carbocycles. The largest absolute Gasteiger partial charge is 0.450 e. The zero-order valence-electron chi connectivity index (χ0n) is 22.6. The van der Waals surface area contributed by atoms with Crippen LogP contribution in [0.15, 0.2) is 58.4 Å². The van der Waals surface area contributed by atoms with Crippen molar-refractivity contribution in [2.24, 2.45) is 11.1 Å². The third-order valence-corrected chi connectivity index (χ3v) is 7.19.